The number of amides is 1. The first-order valence-electron chi connectivity index (χ1n) is 9.74. The number of hydrogen-bond donors (Lipinski definition) is 1. The monoisotopic (exact) mass is 443 g/mol. The van der Waals surface area contributed by atoms with Gasteiger partial charge in [-0.05, 0) is 30.7 Å². The van der Waals surface area contributed by atoms with Crippen LogP contribution in [0.15, 0.2) is 52.4 Å². The average Bonchev–Trinajstić information content (AvgIpc) is 3.19. The van der Waals surface area contributed by atoms with Crippen LogP contribution < -0.4 is 10.9 Å². The van der Waals surface area contributed by atoms with Crippen molar-refractivity contribution >= 4 is 40.0 Å². The highest BCUT2D eigenvalue weighted by atomic mass is 32.2. The third kappa shape index (κ3) is 4.15. The standard InChI is InChI=1S/C21H19F2N5O2S/c1-2-3-10-27-19(30)14-6-4-5-7-17(14)28-20(27)25-26-21(28)31-12-18(29)24-16-11-13(22)8-9-15(16)23/h4-9,11H,2-3,10,12H2,1H3,(H,24,29). The summed E-state index contributed by atoms with van der Waals surface area (Å²) < 4.78 is 30.4. The molecule has 0 spiro atoms. The number of rotatable bonds is 7. The van der Waals surface area contributed by atoms with Crippen molar-refractivity contribution in [2.24, 2.45) is 0 Å². The Bertz CT molecular complexity index is 1330. The van der Waals surface area contributed by atoms with Crippen LogP contribution in [0.5, 0.6) is 0 Å². The summed E-state index contributed by atoms with van der Waals surface area (Å²) in [6.07, 6.45) is 1.73. The molecule has 2 aromatic heterocycles. The predicted molar refractivity (Wildman–Crippen MR) is 115 cm³/mol. The van der Waals surface area contributed by atoms with Gasteiger partial charge >= 0.3 is 0 Å². The van der Waals surface area contributed by atoms with E-state index in [1.165, 1.54) is 0 Å². The number of hydrogen-bond acceptors (Lipinski definition) is 5. The maximum Gasteiger partial charge on any atom is 0.262 e. The molecule has 0 aliphatic carbocycles. The molecule has 0 fully saturated rings. The maximum absolute atomic E-state index is 13.8. The molecule has 0 saturated carbocycles. The van der Waals surface area contributed by atoms with Gasteiger partial charge in [0.1, 0.15) is 11.6 Å². The van der Waals surface area contributed by atoms with Crippen LogP contribution in [0, 0.1) is 11.6 Å². The quantitative estimate of drug-likeness (QED) is 0.439. The predicted octanol–water partition coefficient (Wildman–Crippen LogP) is 3.85. The number of nitrogens with zero attached hydrogens (tertiary/aromatic N) is 4. The number of nitrogens with one attached hydrogen (secondary N) is 1. The Hall–Kier alpha value is -3.27. The largest absolute Gasteiger partial charge is 0.323 e. The van der Waals surface area contributed by atoms with Crippen molar-refractivity contribution in [3.05, 3.63) is 64.5 Å². The van der Waals surface area contributed by atoms with Crippen molar-refractivity contribution in [2.75, 3.05) is 11.1 Å². The Balaban J connectivity index is 1.65. The Morgan fingerprint density at radius 1 is 1.16 bits per heavy atom. The van der Waals surface area contributed by atoms with E-state index in [9.17, 15) is 18.4 Å². The fourth-order valence-electron chi connectivity index (χ4n) is 3.25. The zero-order valence-electron chi connectivity index (χ0n) is 16.6. The smallest absolute Gasteiger partial charge is 0.262 e. The molecular weight excluding hydrogens is 424 g/mol. The summed E-state index contributed by atoms with van der Waals surface area (Å²) in [6.45, 7) is 2.54. The summed E-state index contributed by atoms with van der Waals surface area (Å²) in [4.78, 5) is 25.2. The molecule has 10 heteroatoms. The van der Waals surface area contributed by atoms with Gasteiger partial charge in [-0.3, -0.25) is 18.6 Å². The minimum Gasteiger partial charge on any atom is -0.323 e. The van der Waals surface area contributed by atoms with Gasteiger partial charge in [-0.1, -0.05) is 37.2 Å². The Morgan fingerprint density at radius 2 is 1.97 bits per heavy atom. The van der Waals surface area contributed by atoms with Gasteiger partial charge in [-0.2, -0.15) is 0 Å². The molecule has 1 N–H and O–H groups in total. The van der Waals surface area contributed by atoms with Gasteiger partial charge in [-0.15, -0.1) is 10.2 Å². The van der Waals surface area contributed by atoms with E-state index in [-0.39, 0.29) is 17.0 Å². The van der Waals surface area contributed by atoms with Crippen molar-refractivity contribution in [3.63, 3.8) is 0 Å². The number of halogens is 2. The first-order valence-corrected chi connectivity index (χ1v) is 10.7. The normalized spacial score (nSPS) is 11.3. The molecule has 0 aliphatic heterocycles. The number of para-hydroxylation sites is 1. The van der Waals surface area contributed by atoms with Crippen molar-refractivity contribution in [2.45, 2.75) is 31.5 Å². The summed E-state index contributed by atoms with van der Waals surface area (Å²) in [5.74, 6) is -1.59. The number of carbonyl (C=O) groups excluding carboxylic acids is 1. The maximum atomic E-state index is 13.8. The van der Waals surface area contributed by atoms with E-state index in [0.717, 1.165) is 42.8 Å². The lowest BCUT2D eigenvalue weighted by molar-refractivity contribution is -0.113. The second-order valence-electron chi connectivity index (χ2n) is 6.91. The van der Waals surface area contributed by atoms with Crippen LogP contribution >= 0.6 is 11.8 Å². The second kappa shape index (κ2) is 8.84. The molecule has 0 atom stereocenters. The number of unbranched alkanes of at least 4 members (excludes halogenated alkanes) is 1. The van der Waals surface area contributed by atoms with Crippen LogP contribution in [-0.4, -0.2) is 30.8 Å². The zero-order valence-corrected chi connectivity index (χ0v) is 17.5. The van der Waals surface area contributed by atoms with Gasteiger partial charge in [0.15, 0.2) is 5.16 Å². The van der Waals surface area contributed by atoms with E-state index in [0.29, 0.717) is 28.4 Å². The molecule has 0 radical (unpaired) electrons. The Morgan fingerprint density at radius 3 is 2.77 bits per heavy atom. The molecule has 2 aromatic carbocycles. The molecule has 0 unspecified atom stereocenters. The molecule has 4 rings (SSSR count). The lowest BCUT2D eigenvalue weighted by Gasteiger charge is -2.11. The van der Waals surface area contributed by atoms with Crippen LogP contribution in [0.4, 0.5) is 14.5 Å². The summed E-state index contributed by atoms with van der Waals surface area (Å²) in [7, 11) is 0. The van der Waals surface area contributed by atoms with Gasteiger partial charge in [0.05, 0.1) is 22.3 Å². The first-order chi connectivity index (χ1) is 15.0. The SMILES string of the molecule is CCCCn1c(=O)c2ccccc2n2c(SCC(=O)Nc3cc(F)ccc3F)nnc12. The third-order valence-electron chi connectivity index (χ3n) is 4.75. The molecule has 31 heavy (non-hydrogen) atoms. The van der Waals surface area contributed by atoms with E-state index >= 15 is 0 Å². The number of fused-ring (bicyclic) bond motifs is 3. The van der Waals surface area contributed by atoms with Gasteiger partial charge in [0.25, 0.3) is 5.56 Å². The highest BCUT2D eigenvalue weighted by molar-refractivity contribution is 7.99. The molecule has 7 nitrogen and oxygen atoms in total. The number of anilines is 1. The highest BCUT2D eigenvalue weighted by Crippen LogP contribution is 2.22. The number of aromatic nitrogens is 4. The topological polar surface area (TPSA) is 81.3 Å². The van der Waals surface area contributed by atoms with Crippen LogP contribution in [-0.2, 0) is 11.3 Å². The summed E-state index contributed by atoms with van der Waals surface area (Å²) in [6, 6.07) is 9.99. The fraction of sp³-hybridized carbons (Fsp3) is 0.238. The summed E-state index contributed by atoms with van der Waals surface area (Å²) >= 11 is 1.09. The molecule has 0 bridgehead atoms. The molecule has 4 aromatic rings. The van der Waals surface area contributed by atoms with Gasteiger partial charge in [0, 0.05) is 12.6 Å². The van der Waals surface area contributed by atoms with Crippen molar-refractivity contribution in [1.29, 1.82) is 0 Å². The minimum absolute atomic E-state index is 0.0981. The Labute approximate surface area is 180 Å². The summed E-state index contributed by atoms with van der Waals surface area (Å²) in [5, 5.41) is 11.7. The number of aryl methyl sites for hydroxylation is 1. The molecule has 2 heterocycles. The van der Waals surface area contributed by atoms with Gasteiger partial charge < -0.3 is 5.32 Å². The zero-order chi connectivity index (χ0) is 22.0. The first kappa shape index (κ1) is 21.0. The van der Waals surface area contributed by atoms with E-state index in [1.54, 1.807) is 27.2 Å². The van der Waals surface area contributed by atoms with E-state index in [2.05, 4.69) is 15.5 Å². The van der Waals surface area contributed by atoms with Gasteiger partial charge in [-0.25, -0.2) is 8.78 Å². The van der Waals surface area contributed by atoms with Crippen molar-refractivity contribution in [1.82, 2.24) is 19.2 Å². The Kier molecular flexibility index (Phi) is 5.99. The highest BCUT2D eigenvalue weighted by Gasteiger charge is 2.18. The number of benzene rings is 2. The average molecular weight is 443 g/mol. The van der Waals surface area contributed by atoms with Crippen LogP contribution in [0.3, 0.4) is 0 Å². The lowest BCUT2D eigenvalue weighted by Crippen LogP contribution is -2.23. The molecule has 160 valence electrons. The molecule has 0 aliphatic rings. The number of carbonyl (C=O) groups is 1. The molecular formula is C21H19F2N5O2S. The molecule has 0 saturated heterocycles. The second-order valence-corrected chi connectivity index (χ2v) is 7.85. The molecule has 1 amide bonds. The fourth-order valence-corrected chi connectivity index (χ4v) is 3.99. The van der Waals surface area contributed by atoms with Crippen LogP contribution in [0.25, 0.3) is 16.7 Å². The number of thioether (sulfide) groups is 1. The van der Waals surface area contributed by atoms with Crippen LogP contribution in [0.2, 0.25) is 0 Å². The van der Waals surface area contributed by atoms with Crippen molar-refractivity contribution < 1.29 is 13.6 Å². The third-order valence-corrected chi connectivity index (χ3v) is 5.68. The lowest BCUT2D eigenvalue weighted by atomic mass is 10.2. The van der Waals surface area contributed by atoms with Crippen molar-refractivity contribution in [3.8, 4) is 0 Å². The van der Waals surface area contributed by atoms with E-state index in [1.807, 2.05) is 13.0 Å². The summed E-state index contributed by atoms with van der Waals surface area (Å²) in [5.41, 5.74) is 0.273. The van der Waals surface area contributed by atoms with E-state index < -0.39 is 17.5 Å². The van der Waals surface area contributed by atoms with Crippen LogP contribution in [0.1, 0.15) is 19.8 Å². The van der Waals surface area contributed by atoms with E-state index in [4.69, 9.17) is 0 Å². The van der Waals surface area contributed by atoms with Gasteiger partial charge in [0.2, 0.25) is 11.7 Å². The minimum atomic E-state index is -0.724.